The summed E-state index contributed by atoms with van der Waals surface area (Å²) in [4.78, 5) is 11.2. The van der Waals surface area contributed by atoms with E-state index in [1.54, 1.807) is 0 Å². The fourth-order valence-corrected chi connectivity index (χ4v) is 1.42. The summed E-state index contributed by atoms with van der Waals surface area (Å²) >= 11 is 16.6. The quantitative estimate of drug-likeness (QED) is 0.636. The SMILES string of the molecule is O=C(CCl)c1cc(Cl)cc(O)c1Cl. The van der Waals surface area contributed by atoms with Crippen molar-refractivity contribution in [2.24, 2.45) is 0 Å². The Labute approximate surface area is 90.0 Å². The number of carbonyl (C=O) groups excluding carboxylic acids is 1. The number of rotatable bonds is 2. The molecule has 0 aromatic heterocycles. The number of phenolic OH excluding ortho intramolecular Hbond substituents is 1. The summed E-state index contributed by atoms with van der Waals surface area (Å²) < 4.78 is 0. The van der Waals surface area contributed by atoms with Gasteiger partial charge in [0.2, 0.25) is 0 Å². The van der Waals surface area contributed by atoms with Crippen molar-refractivity contribution in [2.45, 2.75) is 0 Å². The maximum Gasteiger partial charge on any atom is 0.179 e. The molecule has 0 saturated heterocycles. The highest BCUT2D eigenvalue weighted by Gasteiger charge is 2.13. The molecule has 0 radical (unpaired) electrons. The van der Waals surface area contributed by atoms with Crippen LogP contribution in [0.5, 0.6) is 5.75 Å². The van der Waals surface area contributed by atoms with Gasteiger partial charge in [0.15, 0.2) is 5.78 Å². The fourth-order valence-electron chi connectivity index (χ4n) is 0.850. The molecule has 2 nitrogen and oxygen atoms in total. The average molecular weight is 239 g/mol. The fraction of sp³-hybridized carbons (Fsp3) is 0.125. The number of halogens is 3. The molecule has 1 rings (SSSR count). The minimum Gasteiger partial charge on any atom is -0.506 e. The molecule has 0 aliphatic rings. The highest BCUT2D eigenvalue weighted by Crippen LogP contribution is 2.31. The summed E-state index contributed by atoms with van der Waals surface area (Å²) in [6.07, 6.45) is 0. The predicted octanol–water partition coefficient (Wildman–Crippen LogP) is 3.12. The van der Waals surface area contributed by atoms with Gasteiger partial charge in [-0.3, -0.25) is 4.79 Å². The third kappa shape index (κ3) is 2.27. The standard InChI is InChI=1S/C8H5Cl3O2/c9-3-7(13)5-1-4(10)2-6(12)8(5)11/h1-2,12H,3H2. The van der Waals surface area contributed by atoms with Crippen LogP contribution in [0, 0.1) is 0 Å². The molecule has 1 aromatic carbocycles. The van der Waals surface area contributed by atoms with Crippen molar-refractivity contribution in [3.8, 4) is 5.75 Å². The van der Waals surface area contributed by atoms with Crippen LogP contribution >= 0.6 is 34.8 Å². The van der Waals surface area contributed by atoms with Gasteiger partial charge in [-0.2, -0.15) is 0 Å². The third-order valence-corrected chi connectivity index (χ3v) is 2.30. The second-order valence-electron chi connectivity index (χ2n) is 2.34. The molecule has 13 heavy (non-hydrogen) atoms. The van der Waals surface area contributed by atoms with E-state index in [9.17, 15) is 9.90 Å². The van der Waals surface area contributed by atoms with Crippen molar-refractivity contribution in [3.05, 3.63) is 27.7 Å². The van der Waals surface area contributed by atoms with Gasteiger partial charge in [-0.25, -0.2) is 0 Å². The third-order valence-electron chi connectivity index (χ3n) is 1.44. The molecule has 0 spiro atoms. The Kier molecular flexibility index (Phi) is 3.42. The lowest BCUT2D eigenvalue weighted by molar-refractivity contribution is 0.102. The van der Waals surface area contributed by atoms with Crippen LogP contribution in [-0.2, 0) is 0 Å². The summed E-state index contributed by atoms with van der Waals surface area (Å²) in [5.74, 6) is -0.786. The molecule has 0 amide bonds. The van der Waals surface area contributed by atoms with Crippen LogP contribution in [0.1, 0.15) is 10.4 Å². The molecule has 1 N–H and O–H groups in total. The first-order chi connectivity index (χ1) is 6.06. The van der Waals surface area contributed by atoms with E-state index in [1.807, 2.05) is 0 Å². The van der Waals surface area contributed by atoms with Gasteiger partial charge in [-0.15, -0.1) is 11.6 Å². The second-order valence-corrected chi connectivity index (χ2v) is 3.42. The van der Waals surface area contributed by atoms with E-state index in [4.69, 9.17) is 34.8 Å². The van der Waals surface area contributed by atoms with Crippen molar-refractivity contribution in [1.82, 2.24) is 0 Å². The predicted molar refractivity (Wildman–Crippen MR) is 53.2 cm³/mol. The average Bonchev–Trinajstić information content (AvgIpc) is 2.10. The lowest BCUT2D eigenvalue weighted by Crippen LogP contribution is -2.01. The highest BCUT2D eigenvalue weighted by molar-refractivity contribution is 6.39. The Bertz CT molecular complexity index is 349. The lowest BCUT2D eigenvalue weighted by atomic mass is 10.1. The largest absolute Gasteiger partial charge is 0.506 e. The van der Waals surface area contributed by atoms with Gasteiger partial charge >= 0.3 is 0 Å². The molecule has 0 aliphatic heterocycles. The van der Waals surface area contributed by atoms with Crippen LogP contribution in [0.4, 0.5) is 0 Å². The summed E-state index contributed by atoms with van der Waals surface area (Å²) in [6, 6.07) is 2.63. The topological polar surface area (TPSA) is 37.3 Å². The molecule has 0 aliphatic carbocycles. The van der Waals surface area contributed by atoms with Gasteiger partial charge in [-0.1, -0.05) is 23.2 Å². The molecule has 1 aromatic rings. The first-order valence-electron chi connectivity index (χ1n) is 3.33. The zero-order valence-corrected chi connectivity index (χ0v) is 8.62. The van der Waals surface area contributed by atoms with Gasteiger partial charge in [-0.05, 0) is 6.07 Å². The number of alkyl halides is 1. The first-order valence-corrected chi connectivity index (χ1v) is 4.62. The maximum atomic E-state index is 11.2. The van der Waals surface area contributed by atoms with E-state index >= 15 is 0 Å². The van der Waals surface area contributed by atoms with Gasteiger partial charge in [0.1, 0.15) is 5.75 Å². The number of carbonyl (C=O) groups is 1. The molecule has 0 bridgehead atoms. The van der Waals surface area contributed by atoms with Gasteiger partial charge < -0.3 is 5.11 Å². The zero-order valence-electron chi connectivity index (χ0n) is 6.35. The van der Waals surface area contributed by atoms with Crippen LogP contribution in [0.2, 0.25) is 10.0 Å². The number of benzene rings is 1. The molecule has 0 unspecified atom stereocenters. The Morgan fingerprint density at radius 1 is 1.38 bits per heavy atom. The van der Waals surface area contributed by atoms with E-state index in [-0.39, 0.29) is 33.0 Å². The molecular weight excluding hydrogens is 234 g/mol. The summed E-state index contributed by atoms with van der Waals surface area (Å²) in [5.41, 5.74) is 0.140. The smallest absolute Gasteiger partial charge is 0.179 e. The summed E-state index contributed by atoms with van der Waals surface area (Å²) in [7, 11) is 0. The molecule has 0 saturated carbocycles. The lowest BCUT2D eigenvalue weighted by Gasteiger charge is -2.03. The van der Waals surface area contributed by atoms with E-state index in [1.165, 1.54) is 12.1 Å². The van der Waals surface area contributed by atoms with Crippen LogP contribution in [-0.4, -0.2) is 16.8 Å². The molecule has 0 heterocycles. The summed E-state index contributed by atoms with van der Waals surface area (Å²) in [6.45, 7) is 0. The maximum absolute atomic E-state index is 11.2. The molecule has 0 fully saturated rings. The molecule has 5 heteroatoms. The summed E-state index contributed by atoms with van der Waals surface area (Å²) in [5, 5.41) is 9.44. The zero-order chi connectivity index (χ0) is 10.0. The Morgan fingerprint density at radius 3 is 2.54 bits per heavy atom. The Balaban J connectivity index is 3.28. The number of phenols is 1. The van der Waals surface area contributed by atoms with Crippen molar-refractivity contribution in [3.63, 3.8) is 0 Å². The minimum atomic E-state index is -0.371. The van der Waals surface area contributed by atoms with Crippen molar-refractivity contribution >= 4 is 40.6 Å². The molecule has 0 atom stereocenters. The highest BCUT2D eigenvalue weighted by atomic mass is 35.5. The monoisotopic (exact) mass is 238 g/mol. The van der Waals surface area contributed by atoms with Crippen molar-refractivity contribution < 1.29 is 9.90 Å². The number of Topliss-reactive ketones (excluding diaryl/α,β-unsaturated/α-hetero) is 1. The normalized spacial score (nSPS) is 10.1. The van der Waals surface area contributed by atoms with Crippen LogP contribution in [0.25, 0.3) is 0 Å². The van der Waals surface area contributed by atoms with Crippen LogP contribution < -0.4 is 0 Å². The van der Waals surface area contributed by atoms with Crippen LogP contribution in [0.15, 0.2) is 12.1 Å². The van der Waals surface area contributed by atoms with Gasteiger partial charge in [0, 0.05) is 16.7 Å². The Hall–Kier alpha value is -0.440. The van der Waals surface area contributed by atoms with Crippen LogP contribution in [0.3, 0.4) is 0 Å². The molecular formula is C8H5Cl3O2. The van der Waals surface area contributed by atoms with Gasteiger partial charge in [0.05, 0.1) is 10.9 Å². The number of ketones is 1. The van der Waals surface area contributed by atoms with Crippen molar-refractivity contribution in [1.29, 1.82) is 0 Å². The number of hydrogen-bond donors (Lipinski definition) is 1. The first kappa shape index (κ1) is 10.6. The Morgan fingerprint density at radius 2 is 2.00 bits per heavy atom. The van der Waals surface area contributed by atoms with Crippen molar-refractivity contribution in [2.75, 3.05) is 5.88 Å². The van der Waals surface area contributed by atoms with E-state index < -0.39 is 0 Å². The number of hydrogen-bond acceptors (Lipinski definition) is 2. The van der Waals surface area contributed by atoms with E-state index in [0.29, 0.717) is 0 Å². The molecule has 70 valence electrons. The number of aromatic hydroxyl groups is 1. The van der Waals surface area contributed by atoms with Gasteiger partial charge in [0.25, 0.3) is 0 Å². The van der Waals surface area contributed by atoms with E-state index in [2.05, 4.69) is 0 Å². The second kappa shape index (κ2) is 4.18. The minimum absolute atomic E-state index is 0.0185. The van der Waals surface area contributed by atoms with E-state index in [0.717, 1.165) is 0 Å².